The summed E-state index contributed by atoms with van der Waals surface area (Å²) in [5.74, 6) is 1.38. The lowest BCUT2D eigenvalue weighted by Gasteiger charge is -2.34. The molecule has 2 aliphatic heterocycles. The molecule has 4 N–H and O–H groups in total. The van der Waals surface area contributed by atoms with Crippen LogP contribution in [0.1, 0.15) is 70.6 Å². The fraction of sp³-hybridized carbons (Fsp3) is 0.783. The van der Waals surface area contributed by atoms with Crippen molar-refractivity contribution in [2.45, 2.75) is 88.3 Å². The van der Waals surface area contributed by atoms with Gasteiger partial charge in [-0.1, -0.05) is 44.3 Å². The number of aliphatic imine (C=N–C) groups is 1. The first-order valence-electron chi connectivity index (χ1n) is 11.8. The Hall–Kier alpha value is -1.89. The van der Waals surface area contributed by atoms with Crippen LogP contribution in [0.4, 0.5) is 0 Å². The summed E-state index contributed by atoms with van der Waals surface area (Å²) in [6.45, 7) is 0.760. The number of rotatable bonds is 6. The summed E-state index contributed by atoms with van der Waals surface area (Å²) in [5, 5.41) is 6.47. The van der Waals surface area contributed by atoms with Crippen LogP contribution in [0.2, 0.25) is 0 Å². The number of nitrogens with one attached hydrogen (secondary N) is 2. The maximum Gasteiger partial charge on any atom is 0.261 e. The number of hydrogen-bond donors (Lipinski definition) is 3. The van der Waals surface area contributed by atoms with Crippen LogP contribution in [0.3, 0.4) is 0 Å². The zero-order valence-corrected chi connectivity index (χ0v) is 18.2. The predicted octanol–water partition coefficient (Wildman–Crippen LogP) is 2.08. The van der Waals surface area contributed by atoms with Gasteiger partial charge in [0, 0.05) is 19.6 Å². The van der Waals surface area contributed by atoms with E-state index in [0.29, 0.717) is 30.3 Å². The lowest BCUT2D eigenvalue weighted by atomic mass is 9.76. The third kappa shape index (κ3) is 4.56. The van der Waals surface area contributed by atoms with Gasteiger partial charge in [-0.25, -0.2) is 4.99 Å². The van der Waals surface area contributed by atoms with E-state index in [1.165, 1.54) is 37.0 Å². The molecule has 2 amide bonds. The van der Waals surface area contributed by atoms with Crippen molar-refractivity contribution < 1.29 is 9.59 Å². The first-order valence-corrected chi connectivity index (χ1v) is 11.8. The zero-order valence-electron chi connectivity index (χ0n) is 18.2. The summed E-state index contributed by atoms with van der Waals surface area (Å²) in [7, 11) is 1.72. The summed E-state index contributed by atoms with van der Waals surface area (Å²) in [6, 6.07) is 0.259. The van der Waals surface area contributed by atoms with Crippen molar-refractivity contribution in [2.75, 3.05) is 13.6 Å². The molecule has 3 fully saturated rings. The molecule has 0 aromatic rings. The minimum Gasteiger partial charge on any atom is -0.369 e. The topological polar surface area (TPSA) is 99.8 Å². The molecule has 4 atom stereocenters. The van der Waals surface area contributed by atoms with Crippen LogP contribution >= 0.6 is 0 Å². The molecule has 0 spiro atoms. The van der Waals surface area contributed by atoms with E-state index in [-0.39, 0.29) is 17.9 Å². The second-order valence-electron chi connectivity index (χ2n) is 9.75. The largest absolute Gasteiger partial charge is 0.369 e. The Morgan fingerprint density at radius 1 is 1.17 bits per heavy atom. The van der Waals surface area contributed by atoms with Crippen molar-refractivity contribution in [1.82, 2.24) is 15.5 Å². The summed E-state index contributed by atoms with van der Waals surface area (Å²) in [4.78, 5) is 31.4. The number of likely N-dealkylation sites (N-methyl/N-ethyl adjacent to an activating group) is 1. The van der Waals surface area contributed by atoms with Crippen LogP contribution in [-0.2, 0) is 9.59 Å². The number of carbonyl (C=O) groups excluding carboxylic acids is 2. The second-order valence-corrected chi connectivity index (χ2v) is 9.75. The van der Waals surface area contributed by atoms with E-state index in [0.717, 1.165) is 38.6 Å². The van der Waals surface area contributed by atoms with Crippen molar-refractivity contribution in [2.24, 2.45) is 22.6 Å². The van der Waals surface area contributed by atoms with Gasteiger partial charge in [0.2, 0.25) is 5.91 Å². The van der Waals surface area contributed by atoms with Crippen molar-refractivity contribution in [1.29, 1.82) is 0 Å². The first-order chi connectivity index (χ1) is 14.5. The van der Waals surface area contributed by atoms with Crippen LogP contribution < -0.4 is 16.4 Å². The van der Waals surface area contributed by atoms with Gasteiger partial charge < -0.3 is 16.4 Å². The van der Waals surface area contributed by atoms with E-state index in [1.54, 1.807) is 7.05 Å². The number of nitrogens with two attached hydrogens (primary N) is 1. The van der Waals surface area contributed by atoms with Gasteiger partial charge in [-0.15, -0.1) is 0 Å². The van der Waals surface area contributed by atoms with Gasteiger partial charge in [0.1, 0.15) is 0 Å². The highest BCUT2D eigenvalue weighted by atomic mass is 16.2. The van der Waals surface area contributed by atoms with Crippen LogP contribution in [0.15, 0.2) is 17.1 Å². The SMILES string of the molecule is CN1C(=O)[C@@](/C=C/C2CCCCC2)(CC2CCC[C@H](N[C@H]3CCNC3=O)C2)N=C1N. The Kier molecular flexibility index (Phi) is 6.46. The maximum absolute atomic E-state index is 13.2. The van der Waals surface area contributed by atoms with Crippen LogP contribution in [0.25, 0.3) is 0 Å². The van der Waals surface area contributed by atoms with Crippen molar-refractivity contribution in [3.8, 4) is 0 Å². The number of hydrogen-bond acceptors (Lipinski definition) is 5. The van der Waals surface area contributed by atoms with Gasteiger partial charge >= 0.3 is 0 Å². The molecule has 4 rings (SSSR count). The van der Waals surface area contributed by atoms with Crippen molar-refractivity contribution >= 4 is 17.8 Å². The molecule has 7 nitrogen and oxygen atoms in total. The van der Waals surface area contributed by atoms with E-state index < -0.39 is 5.54 Å². The molecule has 2 aliphatic carbocycles. The fourth-order valence-electron chi connectivity index (χ4n) is 5.76. The molecule has 1 unspecified atom stereocenters. The highest BCUT2D eigenvalue weighted by Gasteiger charge is 2.46. The first kappa shape index (κ1) is 21.3. The number of guanidine groups is 1. The van der Waals surface area contributed by atoms with Gasteiger partial charge in [0.25, 0.3) is 5.91 Å². The molecule has 166 valence electrons. The Balaban J connectivity index is 1.45. The molecule has 0 aromatic heterocycles. The number of amides is 2. The summed E-state index contributed by atoms with van der Waals surface area (Å²) < 4.78 is 0. The van der Waals surface area contributed by atoms with E-state index in [1.807, 2.05) is 0 Å². The maximum atomic E-state index is 13.2. The van der Waals surface area contributed by atoms with Crippen LogP contribution in [0, 0.1) is 11.8 Å². The van der Waals surface area contributed by atoms with E-state index in [2.05, 4.69) is 22.8 Å². The lowest BCUT2D eigenvalue weighted by molar-refractivity contribution is -0.129. The molecule has 2 saturated carbocycles. The summed E-state index contributed by atoms with van der Waals surface area (Å²) in [5.41, 5.74) is 5.22. The van der Waals surface area contributed by atoms with Gasteiger partial charge in [-0.05, 0) is 50.4 Å². The molecule has 1 saturated heterocycles. The molecule has 4 aliphatic rings. The standard InChI is InChI=1S/C23H37N5O2/c1-28-21(30)23(27-22(28)24,12-10-16-6-3-2-4-7-16)15-17-8-5-9-18(14-17)26-19-11-13-25-20(19)29/h10,12,16-19,26H,2-9,11,13-15H2,1H3,(H2,24,27)(H,25,29)/b12-10+/t17?,18-,19-,23+/m0/s1. The Labute approximate surface area is 179 Å². The van der Waals surface area contributed by atoms with Crippen molar-refractivity contribution in [3.05, 3.63) is 12.2 Å². The number of carbonyl (C=O) groups is 2. The Bertz CT molecular complexity index is 714. The molecule has 30 heavy (non-hydrogen) atoms. The number of nitrogens with zero attached hydrogens (tertiary/aromatic N) is 2. The molecule has 0 radical (unpaired) electrons. The van der Waals surface area contributed by atoms with Crippen molar-refractivity contribution in [3.63, 3.8) is 0 Å². The fourth-order valence-corrected chi connectivity index (χ4v) is 5.76. The van der Waals surface area contributed by atoms with E-state index in [4.69, 9.17) is 10.7 Å². The molecular weight excluding hydrogens is 378 g/mol. The lowest BCUT2D eigenvalue weighted by Crippen LogP contribution is -2.46. The average Bonchev–Trinajstić information content (AvgIpc) is 3.24. The Morgan fingerprint density at radius 3 is 2.63 bits per heavy atom. The third-order valence-corrected chi connectivity index (χ3v) is 7.49. The minimum atomic E-state index is -0.854. The van der Waals surface area contributed by atoms with Crippen LogP contribution in [-0.4, -0.2) is 53.9 Å². The smallest absolute Gasteiger partial charge is 0.261 e. The molecule has 0 bridgehead atoms. The highest BCUT2D eigenvalue weighted by molar-refractivity contribution is 6.07. The number of allylic oxidation sites excluding steroid dienone is 1. The second kappa shape index (κ2) is 9.08. The van der Waals surface area contributed by atoms with Crippen LogP contribution in [0.5, 0.6) is 0 Å². The molecule has 0 aromatic carbocycles. The minimum absolute atomic E-state index is 0.00249. The molecule has 2 heterocycles. The Morgan fingerprint density at radius 2 is 1.97 bits per heavy atom. The normalized spacial score (nSPS) is 35.8. The third-order valence-electron chi connectivity index (χ3n) is 7.49. The summed E-state index contributed by atoms with van der Waals surface area (Å²) in [6.07, 6.45) is 16.4. The van der Waals surface area contributed by atoms with E-state index in [9.17, 15) is 9.59 Å². The van der Waals surface area contributed by atoms with Gasteiger partial charge in [-0.2, -0.15) is 0 Å². The molecular formula is C23H37N5O2. The average molecular weight is 416 g/mol. The molecule has 7 heteroatoms. The quantitative estimate of drug-likeness (QED) is 0.578. The predicted molar refractivity (Wildman–Crippen MR) is 118 cm³/mol. The van der Waals surface area contributed by atoms with E-state index >= 15 is 0 Å². The van der Waals surface area contributed by atoms with Gasteiger partial charge in [0.05, 0.1) is 6.04 Å². The monoisotopic (exact) mass is 415 g/mol. The summed E-state index contributed by atoms with van der Waals surface area (Å²) >= 11 is 0. The zero-order chi connectivity index (χ0) is 21.1. The van der Waals surface area contributed by atoms with Gasteiger partial charge in [0.15, 0.2) is 11.5 Å². The van der Waals surface area contributed by atoms with Gasteiger partial charge in [-0.3, -0.25) is 14.5 Å². The highest BCUT2D eigenvalue weighted by Crippen LogP contribution is 2.37.